The molecule has 138 valence electrons. The molecule has 2 saturated carbocycles. The molecular weight excluding hydrogens is 320 g/mol. The summed E-state index contributed by atoms with van der Waals surface area (Å²) in [5.74, 6) is 1.60. The fourth-order valence-corrected chi connectivity index (χ4v) is 3.45. The summed E-state index contributed by atoms with van der Waals surface area (Å²) in [4.78, 5) is 13.2. The van der Waals surface area contributed by atoms with Crippen LogP contribution in [0.5, 0.6) is 11.5 Å². The smallest absolute Gasteiger partial charge is 0.317 e. The van der Waals surface area contributed by atoms with Gasteiger partial charge in [-0.3, -0.25) is 9.69 Å². The van der Waals surface area contributed by atoms with Gasteiger partial charge in [0, 0.05) is 36.8 Å². The normalized spacial score (nSPS) is 22.5. The summed E-state index contributed by atoms with van der Waals surface area (Å²) >= 11 is 0. The van der Waals surface area contributed by atoms with Crippen LogP contribution >= 0.6 is 0 Å². The van der Waals surface area contributed by atoms with Gasteiger partial charge >= 0.3 is 5.97 Å². The van der Waals surface area contributed by atoms with Crippen molar-refractivity contribution in [1.82, 2.24) is 10.2 Å². The Hall–Kier alpha value is -1.79. The van der Waals surface area contributed by atoms with E-state index >= 15 is 0 Å². The maximum atomic E-state index is 11.1. The van der Waals surface area contributed by atoms with E-state index in [2.05, 4.69) is 10.2 Å². The Kier molecular flexibility index (Phi) is 5.81. The molecule has 2 fully saturated rings. The zero-order valence-corrected chi connectivity index (χ0v) is 15.0. The number of nitrogens with zero attached hydrogens (tertiary/aromatic N) is 1. The number of carboxylic acids is 1. The number of ether oxygens (including phenoxy) is 2. The average molecular weight is 348 g/mol. The second kappa shape index (κ2) is 8.06. The molecule has 0 aromatic heterocycles. The molecule has 0 heterocycles. The number of rotatable bonds is 10. The molecule has 0 spiro atoms. The predicted octanol–water partition coefficient (Wildman–Crippen LogP) is 2.12. The molecule has 2 aliphatic carbocycles. The van der Waals surface area contributed by atoms with Crippen molar-refractivity contribution < 1.29 is 19.4 Å². The van der Waals surface area contributed by atoms with Crippen LogP contribution in [0.15, 0.2) is 18.2 Å². The minimum atomic E-state index is -0.722. The molecule has 6 heteroatoms. The lowest BCUT2D eigenvalue weighted by atomic mass is 9.85. The molecule has 6 nitrogen and oxygen atoms in total. The molecule has 2 aliphatic rings. The summed E-state index contributed by atoms with van der Waals surface area (Å²) in [6.07, 6.45) is 4.53. The SMILES string of the molecule is COc1ccc(CNC2CC(N(CC(=O)O)CC3CC3)C2)c(OC)c1. The molecule has 0 amide bonds. The number of benzene rings is 1. The van der Waals surface area contributed by atoms with Gasteiger partial charge in [0.15, 0.2) is 0 Å². The topological polar surface area (TPSA) is 71.0 Å². The van der Waals surface area contributed by atoms with E-state index in [0.717, 1.165) is 48.9 Å². The van der Waals surface area contributed by atoms with Gasteiger partial charge in [-0.25, -0.2) is 0 Å². The van der Waals surface area contributed by atoms with Crippen molar-refractivity contribution in [2.75, 3.05) is 27.3 Å². The fourth-order valence-electron chi connectivity index (χ4n) is 3.45. The maximum absolute atomic E-state index is 11.1. The van der Waals surface area contributed by atoms with E-state index in [4.69, 9.17) is 14.6 Å². The molecule has 0 bridgehead atoms. The van der Waals surface area contributed by atoms with Crippen LogP contribution in [0.25, 0.3) is 0 Å². The summed E-state index contributed by atoms with van der Waals surface area (Å²) in [5.41, 5.74) is 1.10. The molecule has 25 heavy (non-hydrogen) atoms. The van der Waals surface area contributed by atoms with Crippen molar-refractivity contribution in [1.29, 1.82) is 0 Å². The predicted molar refractivity (Wildman–Crippen MR) is 95.1 cm³/mol. The summed E-state index contributed by atoms with van der Waals surface area (Å²) in [6.45, 7) is 1.85. The molecule has 3 rings (SSSR count). The van der Waals surface area contributed by atoms with Crippen LogP contribution in [0, 0.1) is 5.92 Å². The molecule has 0 radical (unpaired) electrons. The lowest BCUT2D eigenvalue weighted by Gasteiger charge is -2.43. The van der Waals surface area contributed by atoms with Gasteiger partial charge in [-0.15, -0.1) is 0 Å². The highest BCUT2D eigenvalue weighted by atomic mass is 16.5. The molecule has 0 unspecified atom stereocenters. The van der Waals surface area contributed by atoms with Gasteiger partial charge in [0.1, 0.15) is 11.5 Å². The number of methoxy groups -OCH3 is 2. The van der Waals surface area contributed by atoms with Crippen LogP contribution in [0.1, 0.15) is 31.2 Å². The van der Waals surface area contributed by atoms with Crippen LogP contribution in [0.4, 0.5) is 0 Å². The van der Waals surface area contributed by atoms with Crippen LogP contribution in [0.3, 0.4) is 0 Å². The standard InChI is InChI=1S/C19H28N2O4/c1-24-17-6-5-14(18(9-17)25-2)10-20-15-7-16(8-15)21(12-19(22)23)11-13-3-4-13/h5-6,9,13,15-16,20H,3-4,7-8,10-12H2,1-2H3,(H,22,23). The highest BCUT2D eigenvalue weighted by molar-refractivity contribution is 5.69. The Morgan fingerprint density at radius 3 is 2.64 bits per heavy atom. The number of carboxylic acid groups (broad SMARTS) is 1. The van der Waals surface area contributed by atoms with E-state index in [0.29, 0.717) is 12.1 Å². The van der Waals surface area contributed by atoms with Crippen LogP contribution in [-0.2, 0) is 11.3 Å². The summed E-state index contributed by atoms with van der Waals surface area (Å²) in [7, 11) is 3.31. The third kappa shape index (κ3) is 4.86. The van der Waals surface area contributed by atoms with Gasteiger partial charge in [0.25, 0.3) is 0 Å². The zero-order chi connectivity index (χ0) is 17.8. The Morgan fingerprint density at radius 2 is 2.04 bits per heavy atom. The van der Waals surface area contributed by atoms with Gasteiger partial charge in [-0.05, 0) is 37.7 Å². The number of nitrogens with one attached hydrogen (secondary N) is 1. The molecule has 0 atom stereocenters. The summed E-state index contributed by atoms with van der Waals surface area (Å²) in [5, 5.41) is 12.7. The van der Waals surface area contributed by atoms with Crippen molar-refractivity contribution in [3.05, 3.63) is 23.8 Å². The Labute approximate surface area is 149 Å². The average Bonchev–Trinajstić information content (AvgIpc) is 3.36. The van der Waals surface area contributed by atoms with Gasteiger partial charge in [0.2, 0.25) is 0 Å². The monoisotopic (exact) mass is 348 g/mol. The van der Waals surface area contributed by atoms with Crippen LogP contribution in [0.2, 0.25) is 0 Å². The Morgan fingerprint density at radius 1 is 1.28 bits per heavy atom. The lowest BCUT2D eigenvalue weighted by Crippen LogP contribution is -2.54. The molecule has 1 aromatic rings. The summed E-state index contributed by atoms with van der Waals surface area (Å²) in [6, 6.07) is 6.68. The largest absolute Gasteiger partial charge is 0.497 e. The third-order valence-electron chi connectivity index (χ3n) is 5.23. The van der Waals surface area contributed by atoms with E-state index in [1.165, 1.54) is 12.8 Å². The minimum absolute atomic E-state index is 0.167. The van der Waals surface area contributed by atoms with E-state index in [-0.39, 0.29) is 6.54 Å². The first-order valence-electron chi connectivity index (χ1n) is 8.99. The Balaban J connectivity index is 1.47. The number of aliphatic carboxylic acids is 1. The lowest BCUT2D eigenvalue weighted by molar-refractivity contribution is -0.139. The minimum Gasteiger partial charge on any atom is -0.497 e. The number of carbonyl (C=O) groups is 1. The van der Waals surface area contributed by atoms with Crippen molar-refractivity contribution in [3.8, 4) is 11.5 Å². The second-order valence-corrected chi connectivity index (χ2v) is 7.15. The van der Waals surface area contributed by atoms with Crippen LogP contribution in [-0.4, -0.2) is 55.4 Å². The quantitative estimate of drug-likeness (QED) is 0.675. The molecule has 0 saturated heterocycles. The van der Waals surface area contributed by atoms with Gasteiger partial charge in [-0.2, -0.15) is 0 Å². The molecule has 0 aliphatic heterocycles. The van der Waals surface area contributed by atoms with E-state index in [1.807, 2.05) is 18.2 Å². The third-order valence-corrected chi connectivity index (χ3v) is 5.23. The highest BCUT2D eigenvalue weighted by Gasteiger charge is 2.36. The van der Waals surface area contributed by atoms with Crippen LogP contribution < -0.4 is 14.8 Å². The zero-order valence-electron chi connectivity index (χ0n) is 15.0. The number of hydrogen-bond acceptors (Lipinski definition) is 5. The van der Waals surface area contributed by atoms with Gasteiger partial charge < -0.3 is 19.9 Å². The first kappa shape index (κ1) is 18.0. The van der Waals surface area contributed by atoms with Crippen molar-refractivity contribution in [3.63, 3.8) is 0 Å². The second-order valence-electron chi connectivity index (χ2n) is 7.15. The fraction of sp³-hybridized carbons (Fsp3) is 0.632. The van der Waals surface area contributed by atoms with Gasteiger partial charge in [0.05, 0.1) is 20.8 Å². The van der Waals surface area contributed by atoms with Gasteiger partial charge in [-0.1, -0.05) is 6.07 Å². The molecular formula is C19H28N2O4. The van der Waals surface area contributed by atoms with E-state index < -0.39 is 5.97 Å². The highest BCUT2D eigenvalue weighted by Crippen LogP contribution is 2.34. The molecule has 2 N–H and O–H groups in total. The van der Waals surface area contributed by atoms with Crippen molar-refractivity contribution in [2.24, 2.45) is 5.92 Å². The molecule has 1 aromatic carbocycles. The first-order chi connectivity index (χ1) is 12.1. The van der Waals surface area contributed by atoms with Crippen molar-refractivity contribution in [2.45, 2.75) is 44.3 Å². The summed E-state index contributed by atoms with van der Waals surface area (Å²) < 4.78 is 10.7. The Bertz CT molecular complexity index is 597. The van der Waals surface area contributed by atoms with E-state index in [9.17, 15) is 4.79 Å². The van der Waals surface area contributed by atoms with E-state index in [1.54, 1.807) is 14.2 Å². The number of hydrogen-bond donors (Lipinski definition) is 2. The first-order valence-corrected chi connectivity index (χ1v) is 8.99. The maximum Gasteiger partial charge on any atom is 0.317 e. The van der Waals surface area contributed by atoms with Crippen molar-refractivity contribution >= 4 is 5.97 Å².